The van der Waals surface area contributed by atoms with E-state index in [1.54, 1.807) is 12.1 Å². The normalized spacial score (nSPS) is 18.2. The molecular weight excluding hydrogens is 360 g/mol. The van der Waals surface area contributed by atoms with E-state index in [0.717, 1.165) is 31.4 Å². The molecule has 0 saturated heterocycles. The Morgan fingerprint density at radius 3 is 2.14 bits per heavy atom. The highest BCUT2D eigenvalue weighted by Crippen LogP contribution is 2.33. The van der Waals surface area contributed by atoms with Gasteiger partial charge >= 0.3 is 0 Å². The van der Waals surface area contributed by atoms with Crippen LogP contribution in [-0.2, 0) is 4.74 Å². The van der Waals surface area contributed by atoms with Gasteiger partial charge in [0.2, 0.25) is 0 Å². The van der Waals surface area contributed by atoms with Gasteiger partial charge in [0.25, 0.3) is 0 Å². The molecule has 0 aliphatic heterocycles. The first-order valence-corrected chi connectivity index (χ1v) is 11.3. The van der Waals surface area contributed by atoms with Gasteiger partial charge in [-0.3, -0.25) is 0 Å². The van der Waals surface area contributed by atoms with Crippen molar-refractivity contribution >= 4 is 0 Å². The molecule has 1 aliphatic carbocycles. The second kappa shape index (κ2) is 10.7. The smallest absolute Gasteiger partial charge is 0.197 e. The number of hydrogen-bond donors (Lipinski definition) is 1. The van der Waals surface area contributed by atoms with Crippen molar-refractivity contribution in [2.24, 2.45) is 0 Å². The summed E-state index contributed by atoms with van der Waals surface area (Å²) in [6, 6.07) is 16.1. The van der Waals surface area contributed by atoms with Crippen molar-refractivity contribution in [3.05, 3.63) is 59.7 Å². The summed E-state index contributed by atoms with van der Waals surface area (Å²) in [5, 5.41) is 9.53. The molecule has 3 heteroatoms. The van der Waals surface area contributed by atoms with Gasteiger partial charge in [-0.15, -0.1) is 0 Å². The number of benzene rings is 2. The molecule has 3 unspecified atom stereocenters. The lowest BCUT2D eigenvalue weighted by molar-refractivity contribution is -0.116. The Bertz CT molecular complexity index is 717. The maximum atomic E-state index is 9.53. The first-order valence-electron chi connectivity index (χ1n) is 11.3. The average Bonchev–Trinajstić information content (AvgIpc) is 2.74. The molecule has 0 bridgehead atoms. The summed E-state index contributed by atoms with van der Waals surface area (Å²) >= 11 is 0. The molecule has 158 valence electrons. The first-order chi connectivity index (χ1) is 14.0. The zero-order chi connectivity index (χ0) is 20.6. The van der Waals surface area contributed by atoms with Crippen molar-refractivity contribution in [1.29, 1.82) is 0 Å². The topological polar surface area (TPSA) is 38.7 Å². The molecule has 2 aromatic carbocycles. The zero-order valence-corrected chi connectivity index (χ0v) is 18.1. The van der Waals surface area contributed by atoms with Gasteiger partial charge in [-0.2, -0.15) is 0 Å². The average molecular weight is 397 g/mol. The number of aromatic hydroxyl groups is 1. The fourth-order valence-corrected chi connectivity index (χ4v) is 4.41. The van der Waals surface area contributed by atoms with E-state index in [0.29, 0.717) is 23.7 Å². The third kappa shape index (κ3) is 6.50. The summed E-state index contributed by atoms with van der Waals surface area (Å²) in [6.45, 7) is 6.51. The van der Waals surface area contributed by atoms with Crippen molar-refractivity contribution in [1.82, 2.24) is 0 Å². The molecule has 3 atom stereocenters. The summed E-state index contributed by atoms with van der Waals surface area (Å²) in [7, 11) is 0. The van der Waals surface area contributed by atoms with Crippen LogP contribution in [0, 0.1) is 0 Å². The molecular formula is C26H36O3. The second-order valence-electron chi connectivity index (χ2n) is 8.48. The minimum Gasteiger partial charge on any atom is -0.508 e. The maximum Gasteiger partial charge on any atom is 0.197 e. The molecule has 3 rings (SSSR count). The van der Waals surface area contributed by atoms with E-state index in [2.05, 4.69) is 38.1 Å². The van der Waals surface area contributed by atoms with E-state index < -0.39 is 0 Å². The molecule has 0 spiro atoms. The standard InChI is InChI=1S/C26H36O3/c1-4-21(23-10-14-24(27)15-11-23)18-19(2)22-12-16-26(17-13-22)29-20(3)28-25-8-6-5-7-9-25/h10-17,19-21,25,27H,4-9,18H2,1-3H3. The number of hydrogen-bond acceptors (Lipinski definition) is 3. The van der Waals surface area contributed by atoms with Crippen LogP contribution in [-0.4, -0.2) is 17.5 Å². The summed E-state index contributed by atoms with van der Waals surface area (Å²) in [5.41, 5.74) is 2.63. The number of ether oxygens (including phenoxy) is 2. The maximum absolute atomic E-state index is 9.53. The van der Waals surface area contributed by atoms with Crippen molar-refractivity contribution in [3.63, 3.8) is 0 Å². The van der Waals surface area contributed by atoms with Crippen molar-refractivity contribution < 1.29 is 14.6 Å². The van der Waals surface area contributed by atoms with Crippen LogP contribution < -0.4 is 4.74 Å². The highest BCUT2D eigenvalue weighted by molar-refractivity contribution is 5.31. The van der Waals surface area contributed by atoms with Crippen molar-refractivity contribution in [2.75, 3.05) is 0 Å². The van der Waals surface area contributed by atoms with Crippen LogP contribution in [0.25, 0.3) is 0 Å². The summed E-state index contributed by atoms with van der Waals surface area (Å²) in [4.78, 5) is 0. The Morgan fingerprint density at radius 2 is 1.52 bits per heavy atom. The number of rotatable bonds is 9. The van der Waals surface area contributed by atoms with Gasteiger partial charge in [0, 0.05) is 0 Å². The van der Waals surface area contributed by atoms with Crippen LogP contribution in [0.4, 0.5) is 0 Å². The molecule has 1 N–H and O–H groups in total. The lowest BCUT2D eigenvalue weighted by Crippen LogP contribution is -2.26. The molecule has 0 heterocycles. The van der Waals surface area contributed by atoms with Crippen molar-refractivity contribution in [3.8, 4) is 11.5 Å². The van der Waals surface area contributed by atoms with Gasteiger partial charge in [-0.1, -0.05) is 57.4 Å². The summed E-state index contributed by atoms with van der Waals surface area (Å²) in [6.07, 6.45) is 8.51. The highest BCUT2D eigenvalue weighted by Gasteiger charge is 2.18. The van der Waals surface area contributed by atoms with E-state index in [9.17, 15) is 5.11 Å². The third-order valence-electron chi connectivity index (χ3n) is 6.18. The summed E-state index contributed by atoms with van der Waals surface area (Å²) < 4.78 is 12.0. The van der Waals surface area contributed by atoms with Gasteiger partial charge in [0.05, 0.1) is 6.10 Å². The fraction of sp³-hybridized carbons (Fsp3) is 0.538. The largest absolute Gasteiger partial charge is 0.508 e. The molecule has 3 nitrogen and oxygen atoms in total. The number of phenols is 1. The van der Waals surface area contributed by atoms with Crippen LogP contribution in [0.1, 0.15) is 88.7 Å². The lowest BCUT2D eigenvalue weighted by Gasteiger charge is -2.26. The molecule has 0 radical (unpaired) electrons. The molecule has 1 aliphatic rings. The highest BCUT2D eigenvalue weighted by atomic mass is 16.7. The lowest BCUT2D eigenvalue weighted by atomic mass is 9.84. The Morgan fingerprint density at radius 1 is 0.897 bits per heavy atom. The Hall–Kier alpha value is -2.00. The number of phenolic OH excluding ortho intramolecular Hbond substituents is 1. The zero-order valence-electron chi connectivity index (χ0n) is 18.1. The van der Waals surface area contributed by atoms with E-state index in [4.69, 9.17) is 9.47 Å². The molecule has 1 saturated carbocycles. The second-order valence-corrected chi connectivity index (χ2v) is 8.48. The van der Waals surface area contributed by atoms with Crippen molar-refractivity contribution in [2.45, 2.75) is 89.9 Å². The SMILES string of the molecule is CCC(CC(C)c1ccc(OC(C)OC2CCCCC2)cc1)c1ccc(O)cc1. The van der Waals surface area contributed by atoms with Crippen LogP contribution in [0.15, 0.2) is 48.5 Å². The molecule has 2 aromatic rings. The predicted octanol–water partition coefficient (Wildman–Crippen LogP) is 7.15. The fourth-order valence-electron chi connectivity index (χ4n) is 4.41. The quantitative estimate of drug-likeness (QED) is 0.457. The predicted molar refractivity (Wildman–Crippen MR) is 119 cm³/mol. The monoisotopic (exact) mass is 396 g/mol. The Balaban J connectivity index is 1.53. The van der Waals surface area contributed by atoms with E-state index in [1.807, 2.05) is 19.1 Å². The van der Waals surface area contributed by atoms with Gasteiger partial charge in [0.1, 0.15) is 11.5 Å². The molecule has 1 fully saturated rings. The van der Waals surface area contributed by atoms with Crippen LogP contribution in [0.5, 0.6) is 11.5 Å². The Labute approximate surface area is 176 Å². The van der Waals surface area contributed by atoms with E-state index in [1.165, 1.54) is 30.4 Å². The van der Waals surface area contributed by atoms with E-state index >= 15 is 0 Å². The van der Waals surface area contributed by atoms with Crippen LogP contribution in [0.3, 0.4) is 0 Å². The van der Waals surface area contributed by atoms with Gasteiger partial charge in [0.15, 0.2) is 6.29 Å². The Kier molecular flexibility index (Phi) is 8.00. The van der Waals surface area contributed by atoms with Gasteiger partial charge in [-0.05, 0) is 79.8 Å². The van der Waals surface area contributed by atoms with Crippen LogP contribution >= 0.6 is 0 Å². The van der Waals surface area contributed by atoms with Crippen LogP contribution in [0.2, 0.25) is 0 Å². The summed E-state index contributed by atoms with van der Waals surface area (Å²) in [5.74, 6) is 2.15. The van der Waals surface area contributed by atoms with Gasteiger partial charge in [-0.25, -0.2) is 0 Å². The first kappa shape index (κ1) is 21.7. The minimum absolute atomic E-state index is 0.208. The van der Waals surface area contributed by atoms with E-state index in [-0.39, 0.29) is 6.29 Å². The van der Waals surface area contributed by atoms with Gasteiger partial charge < -0.3 is 14.6 Å². The minimum atomic E-state index is -0.208. The molecule has 29 heavy (non-hydrogen) atoms. The third-order valence-corrected chi connectivity index (χ3v) is 6.18. The molecule has 0 amide bonds. The molecule has 0 aromatic heterocycles.